The zero-order chi connectivity index (χ0) is 17.1. The van der Waals surface area contributed by atoms with E-state index in [1.165, 1.54) is 24.3 Å². The molecule has 0 bridgehead atoms. The van der Waals surface area contributed by atoms with E-state index in [1.807, 2.05) is 6.92 Å². The number of aryl methyl sites for hydroxylation is 1. The Labute approximate surface area is 161 Å². The first-order valence-electron chi connectivity index (χ1n) is 5.81. The van der Waals surface area contributed by atoms with Crippen LogP contribution in [0.1, 0.15) is 11.1 Å². The van der Waals surface area contributed by atoms with Crippen molar-refractivity contribution in [1.82, 2.24) is 0 Å². The molecule has 1 radical (unpaired) electrons. The van der Waals surface area contributed by atoms with Gasteiger partial charge < -0.3 is 0 Å². The number of nitrogens with zero attached hydrogens (tertiary/aromatic N) is 1. The molecule has 0 saturated carbocycles. The van der Waals surface area contributed by atoms with Crippen molar-refractivity contribution in [2.24, 2.45) is 4.30 Å². The molecule has 0 spiro atoms. The number of rotatable bonds is 1. The van der Waals surface area contributed by atoms with Crippen molar-refractivity contribution >= 4 is 68.2 Å². The summed E-state index contributed by atoms with van der Waals surface area (Å²) in [5, 5.41) is 0.672. The SMILES string of the molecule is Cc1cc(F)ccc1Br.Fc1ccc(Br)c(CBr)c1.[B]=NS. The first-order chi connectivity index (χ1) is 10.3. The molecule has 1 nitrogen and oxygen atoms in total. The van der Waals surface area contributed by atoms with Gasteiger partial charge in [0.05, 0.1) is 0 Å². The predicted molar refractivity (Wildman–Crippen MR) is 103 cm³/mol. The van der Waals surface area contributed by atoms with Crippen LogP contribution in [-0.2, 0) is 5.33 Å². The molecule has 0 atom stereocenters. The van der Waals surface area contributed by atoms with Crippen LogP contribution in [0.5, 0.6) is 0 Å². The van der Waals surface area contributed by atoms with E-state index in [2.05, 4.69) is 72.5 Å². The molecular formula is C14H12BBr3F2NS. The number of benzene rings is 2. The van der Waals surface area contributed by atoms with E-state index in [0.29, 0.717) is 5.33 Å². The van der Waals surface area contributed by atoms with Crippen LogP contribution in [0.4, 0.5) is 8.78 Å². The maximum absolute atomic E-state index is 12.5. The third kappa shape index (κ3) is 9.17. The molecule has 117 valence electrons. The molecule has 2 aromatic carbocycles. The van der Waals surface area contributed by atoms with Crippen molar-refractivity contribution in [2.75, 3.05) is 0 Å². The molecule has 0 aromatic heterocycles. The Morgan fingerprint density at radius 2 is 1.50 bits per heavy atom. The van der Waals surface area contributed by atoms with Crippen molar-refractivity contribution in [2.45, 2.75) is 12.3 Å². The van der Waals surface area contributed by atoms with Gasteiger partial charge in [-0.3, -0.25) is 0 Å². The number of alkyl halides is 1. The second-order valence-corrected chi connectivity index (χ2v) is 6.38. The van der Waals surface area contributed by atoms with E-state index in [4.69, 9.17) is 0 Å². The minimum atomic E-state index is -0.197. The van der Waals surface area contributed by atoms with Crippen LogP contribution in [0.25, 0.3) is 0 Å². The van der Waals surface area contributed by atoms with Crippen molar-refractivity contribution in [1.29, 1.82) is 0 Å². The zero-order valence-corrected chi connectivity index (χ0v) is 17.2. The van der Waals surface area contributed by atoms with Crippen LogP contribution in [0.3, 0.4) is 0 Å². The van der Waals surface area contributed by atoms with Crippen LogP contribution in [-0.4, -0.2) is 7.64 Å². The van der Waals surface area contributed by atoms with Gasteiger partial charge in [0.1, 0.15) is 11.6 Å². The summed E-state index contributed by atoms with van der Waals surface area (Å²) < 4.78 is 29.4. The molecule has 0 saturated heterocycles. The number of halogens is 5. The fourth-order valence-electron chi connectivity index (χ4n) is 1.25. The molecule has 0 amide bonds. The average molecular weight is 515 g/mol. The molecule has 0 fully saturated rings. The monoisotopic (exact) mass is 512 g/mol. The molecular weight excluding hydrogens is 503 g/mol. The zero-order valence-electron chi connectivity index (χ0n) is 11.5. The van der Waals surface area contributed by atoms with Crippen molar-refractivity contribution in [3.8, 4) is 0 Å². The Bertz CT molecular complexity index is 615. The Morgan fingerprint density at radius 3 is 1.86 bits per heavy atom. The second-order valence-electron chi connectivity index (χ2n) is 3.88. The molecule has 0 N–H and O–H groups in total. The van der Waals surface area contributed by atoms with Crippen LogP contribution < -0.4 is 0 Å². The third-order valence-corrected chi connectivity index (χ3v) is 4.54. The summed E-state index contributed by atoms with van der Waals surface area (Å²) in [5.41, 5.74) is 1.86. The summed E-state index contributed by atoms with van der Waals surface area (Å²) in [6, 6.07) is 9.24. The summed E-state index contributed by atoms with van der Waals surface area (Å²) in [6.45, 7) is 1.85. The second kappa shape index (κ2) is 12.4. The Balaban J connectivity index is 0.000000342. The normalized spacial score (nSPS) is 9.00. The summed E-state index contributed by atoms with van der Waals surface area (Å²) in [5.74, 6) is -0.381. The van der Waals surface area contributed by atoms with Crippen molar-refractivity contribution in [3.63, 3.8) is 0 Å². The first kappa shape index (κ1) is 22.0. The molecule has 8 heteroatoms. The number of hydrogen-bond donors (Lipinski definition) is 1. The summed E-state index contributed by atoms with van der Waals surface area (Å²) in [7, 11) is 4.34. The summed E-state index contributed by atoms with van der Waals surface area (Å²) in [4.78, 5) is 0. The molecule has 0 unspecified atom stereocenters. The van der Waals surface area contributed by atoms with Crippen LogP contribution >= 0.6 is 60.6 Å². The summed E-state index contributed by atoms with van der Waals surface area (Å²) >= 11 is 13.0. The van der Waals surface area contributed by atoms with E-state index in [9.17, 15) is 8.78 Å². The van der Waals surface area contributed by atoms with Gasteiger partial charge in [-0.1, -0.05) is 47.8 Å². The van der Waals surface area contributed by atoms with Crippen molar-refractivity contribution < 1.29 is 8.78 Å². The van der Waals surface area contributed by atoms with Gasteiger partial charge in [-0.15, -0.1) is 0 Å². The fraction of sp³-hybridized carbons (Fsp3) is 0.143. The Kier molecular flexibility index (Phi) is 12.4. The fourth-order valence-corrected chi connectivity index (χ4v) is 2.73. The van der Waals surface area contributed by atoms with E-state index in [0.717, 1.165) is 20.1 Å². The minimum absolute atomic E-state index is 0.185. The Morgan fingerprint density at radius 1 is 1.05 bits per heavy atom. The van der Waals surface area contributed by atoms with Gasteiger partial charge in [-0.05, 0) is 54.4 Å². The molecule has 0 aliphatic rings. The van der Waals surface area contributed by atoms with E-state index >= 15 is 0 Å². The van der Waals surface area contributed by atoms with Gasteiger partial charge in [-0.2, -0.15) is 0 Å². The van der Waals surface area contributed by atoms with Gasteiger partial charge in [0.15, 0.2) is 0 Å². The Hall–Kier alpha value is -0.0451. The van der Waals surface area contributed by atoms with Gasteiger partial charge in [-0.25, -0.2) is 8.78 Å². The molecule has 2 rings (SSSR count). The molecule has 0 aliphatic carbocycles. The molecule has 22 heavy (non-hydrogen) atoms. The topological polar surface area (TPSA) is 12.4 Å². The third-order valence-electron chi connectivity index (χ3n) is 2.27. The number of thiol groups is 1. The van der Waals surface area contributed by atoms with Gasteiger partial charge >= 0.3 is 24.8 Å². The summed E-state index contributed by atoms with van der Waals surface area (Å²) in [6.07, 6.45) is 0. The molecule has 0 heterocycles. The standard InChI is InChI=1S/C7H5Br2F.C7H6BrF.BHNS/c8-4-5-3-6(10)1-2-7(5)9;1-5-4-6(9)2-3-7(5)8;1-2-3/h1-3H,4H2;2-4H,1H3;3H. The molecule has 0 aliphatic heterocycles. The van der Waals surface area contributed by atoms with Crippen LogP contribution in [0.15, 0.2) is 49.6 Å². The van der Waals surface area contributed by atoms with E-state index in [1.54, 1.807) is 12.1 Å². The van der Waals surface area contributed by atoms with E-state index in [-0.39, 0.29) is 11.6 Å². The first-order valence-corrected chi connectivity index (χ1v) is 8.92. The van der Waals surface area contributed by atoms with Crippen LogP contribution in [0.2, 0.25) is 0 Å². The molecule has 2 aromatic rings. The van der Waals surface area contributed by atoms with Crippen LogP contribution in [0, 0.1) is 18.6 Å². The van der Waals surface area contributed by atoms with E-state index < -0.39 is 0 Å². The maximum atomic E-state index is 12.5. The van der Waals surface area contributed by atoms with Gasteiger partial charge in [0, 0.05) is 14.3 Å². The van der Waals surface area contributed by atoms with Gasteiger partial charge in [0.25, 0.3) is 0 Å². The predicted octanol–water partition coefficient (Wildman–Crippen LogP) is 6.56. The quantitative estimate of drug-likeness (QED) is 0.251. The average Bonchev–Trinajstić information content (AvgIpc) is 2.47. The van der Waals surface area contributed by atoms with Crippen molar-refractivity contribution in [3.05, 3.63) is 68.1 Å². The number of hydrogen-bond acceptors (Lipinski definition) is 2. The van der Waals surface area contributed by atoms with Gasteiger partial charge in [0.2, 0.25) is 0 Å².